The third-order valence-corrected chi connectivity index (χ3v) is 5.93. The first kappa shape index (κ1) is 21.2. The van der Waals surface area contributed by atoms with Gasteiger partial charge in [0.2, 0.25) is 10.0 Å². The van der Waals surface area contributed by atoms with Crippen LogP contribution < -0.4 is 15.4 Å². The van der Waals surface area contributed by atoms with E-state index in [9.17, 15) is 9.59 Å². The van der Waals surface area contributed by atoms with Gasteiger partial charge < -0.3 is 20.3 Å². The van der Waals surface area contributed by atoms with Crippen LogP contribution in [0.4, 0.5) is 5.69 Å². The van der Waals surface area contributed by atoms with E-state index in [1.165, 1.54) is 19.3 Å². The van der Waals surface area contributed by atoms with Crippen LogP contribution in [-0.2, 0) is 0 Å². The molecule has 2 N–H and O–H groups in total. The molecule has 8 nitrogen and oxygen atoms in total. The van der Waals surface area contributed by atoms with E-state index in [1.807, 2.05) is 0 Å². The van der Waals surface area contributed by atoms with Crippen LogP contribution >= 0.6 is 11.3 Å². The summed E-state index contributed by atoms with van der Waals surface area (Å²) < 4.78 is 5.09. The standard InChI is InChI=1S/C20H27N5O3S/c1-14-6-3-4-12-25(14)13-5-11-21-17(26)19-23-24-20(29-19)18(27)22-15-7-9-16(28-2)10-8-15/h7-10,14H,3-6,11-13H2,1-2H3,(H,21,26)(H,22,27)/t14-/m0/s1. The smallest absolute Gasteiger partial charge is 0.286 e. The number of hydrogen-bond acceptors (Lipinski definition) is 7. The summed E-state index contributed by atoms with van der Waals surface area (Å²) in [5.74, 6) is 0.0103. The lowest BCUT2D eigenvalue weighted by Crippen LogP contribution is -2.39. The molecule has 1 aromatic heterocycles. The van der Waals surface area contributed by atoms with Gasteiger partial charge >= 0.3 is 0 Å². The number of methoxy groups -OCH3 is 1. The minimum absolute atomic E-state index is 0.146. The highest BCUT2D eigenvalue weighted by Gasteiger charge is 2.19. The summed E-state index contributed by atoms with van der Waals surface area (Å²) in [7, 11) is 1.58. The second kappa shape index (κ2) is 10.3. The van der Waals surface area contributed by atoms with Crippen molar-refractivity contribution in [2.45, 2.75) is 38.6 Å². The largest absolute Gasteiger partial charge is 0.497 e. The van der Waals surface area contributed by atoms with E-state index in [-0.39, 0.29) is 15.9 Å². The first-order valence-electron chi connectivity index (χ1n) is 9.88. The molecule has 1 fully saturated rings. The van der Waals surface area contributed by atoms with Crippen molar-refractivity contribution >= 4 is 28.8 Å². The molecule has 9 heteroatoms. The maximum atomic E-state index is 12.3. The van der Waals surface area contributed by atoms with Gasteiger partial charge in [-0.1, -0.05) is 17.8 Å². The predicted molar refractivity (Wildman–Crippen MR) is 113 cm³/mol. The van der Waals surface area contributed by atoms with Gasteiger partial charge in [-0.15, -0.1) is 10.2 Å². The van der Waals surface area contributed by atoms with E-state index in [2.05, 4.69) is 32.7 Å². The number of benzene rings is 1. The summed E-state index contributed by atoms with van der Waals surface area (Å²) in [5.41, 5.74) is 0.615. The fourth-order valence-electron chi connectivity index (χ4n) is 3.32. The number of ether oxygens (including phenoxy) is 1. The van der Waals surface area contributed by atoms with E-state index in [0.29, 0.717) is 24.0 Å². The fraction of sp³-hybridized carbons (Fsp3) is 0.500. The molecular formula is C20H27N5O3S. The van der Waals surface area contributed by atoms with Gasteiger partial charge in [0, 0.05) is 24.8 Å². The first-order chi connectivity index (χ1) is 14.1. The highest BCUT2D eigenvalue weighted by atomic mass is 32.1. The van der Waals surface area contributed by atoms with Gasteiger partial charge in [-0.3, -0.25) is 9.59 Å². The third-order valence-electron chi connectivity index (χ3n) is 5.01. The van der Waals surface area contributed by atoms with Crippen LogP contribution in [0, 0.1) is 0 Å². The number of likely N-dealkylation sites (tertiary alicyclic amines) is 1. The Morgan fingerprint density at radius 3 is 2.59 bits per heavy atom. The van der Waals surface area contributed by atoms with E-state index in [0.717, 1.165) is 30.8 Å². The van der Waals surface area contributed by atoms with Crippen LogP contribution in [0.15, 0.2) is 24.3 Å². The van der Waals surface area contributed by atoms with E-state index >= 15 is 0 Å². The van der Waals surface area contributed by atoms with Crippen molar-refractivity contribution in [2.24, 2.45) is 0 Å². The molecule has 1 aliphatic rings. The highest BCUT2D eigenvalue weighted by Crippen LogP contribution is 2.18. The maximum Gasteiger partial charge on any atom is 0.286 e. The zero-order valence-electron chi connectivity index (χ0n) is 16.8. The van der Waals surface area contributed by atoms with Crippen molar-refractivity contribution in [3.63, 3.8) is 0 Å². The molecule has 0 radical (unpaired) electrons. The van der Waals surface area contributed by atoms with Crippen molar-refractivity contribution in [3.8, 4) is 5.75 Å². The van der Waals surface area contributed by atoms with E-state index < -0.39 is 5.91 Å². The Balaban J connectivity index is 1.44. The van der Waals surface area contributed by atoms with Gasteiger partial charge in [0.15, 0.2) is 0 Å². The third kappa shape index (κ3) is 5.98. The first-order valence-corrected chi connectivity index (χ1v) is 10.7. The lowest BCUT2D eigenvalue weighted by Gasteiger charge is -2.33. The molecule has 3 rings (SSSR count). The molecule has 0 unspecified atom stereocenters. The molecule has 1 aliphatic heterocycles. The van der Waals surface area contributed by atoms with Crippen molar-refractivity contribution in [3.05, 3.63) is 34.3 Å². The zero-order valence-corrected chi connectivity index (χ0v) is 17.6. The van der Waals surface area contributed by atoms with Crippen LogP contribution in [0.3, 0.4) is 0 Å². The van der Waals surface area contributed by atoms with Crippen molar-refractivity contribution in [2.75, 3.05) is 32.1 Å². The molecule has 1 aromatic carbocycles. The topological polar surface area (TPSA) is 96.5 Å². The average Bonchev–Trinajstić information content (AvgIpc) is 3.23. The SMILES string of the molecule is COc1ccc(NC(=O)c2nnc(C(=O)NCCCN3CCCC[C@@H]3C)s2)cc1. The van der Waals surface area contributed by atoms with Gasteiger partial charge in [-0.05, 0) is 57.0 Å². The summed E-state index contributed by atoms with van der Waals surface area (Å²) >= 11 is 0.981. The van der Waals surface area contributed by atoms with Gasteiger partial charge in [0.1, 0.15) is 5.75 Å². The van der Waals surface area contributed by atoms with Crippen LogP contribution in [0.5, 0.6) is 5.75 Å². The number of rotatable bonds is 8. The average molecular weight is 418 g/mol. The molecule has 156 valence electrons. The van der Waals surface area contributed by atoms with E-state index in [4.69, 9.17) is 4.74 Å². The molecular weight excluding hydrogens is 390 g/mol. The molecule has 0 bridgehead atoms. The number of amides is 2. The molecule has 0 spiro atoms. The van der Waals surface area contributed by atoms with Crippen molar-refractivity contribution < 1.29 is 14.3 Å². The summed E-state index contributed by atoms with van der Waals surface area (Å²) in [6.07, 6.45) is 4.70. The Morgan fingerprint density at radius 2 is 1.90 bits per heavy atom. The van der Waals surface area contributed by atoms with Crippen LogP contribution in [0.1, 0.15) is 52.2 Å². The second-order valence-electron chi connectivity index (χ2n) is 7.09. The van der Waals surface area contributed by atoms with Crippen molar-refractivity contribution in [1.82, 2.24) is 20.4 Å². The lowest BCUT2D eigenvalue weighted by atomic mass is 10.0. The van der Waals surface area contributed by atoms with E-state index in [1.54, 1.807) is 31.4 Å². The van der Waals surface area contributed by atoms with Crippen LogP contribution in [0.25, 0.3) is 0 Å². The number of carbonyl (C=O) groups excluding carboxylic acids is 2. The number of hydrogen-bond donors (Lipinski definition) is 2. The number of anilines is 1. The van der Waals surface area contributed by atoms with Crippen LogP contribution in [-0.4, -0.2) is 59.7 Å². The summed E-state index contributed by atoms with van der Waals surface area (Å²) in [5, 5.41) is 13.6. The molecule has 29 heavy (non-hydrogen) atoms. The monoisotopic (exact) mass is 417 g/mol. The van der Waals surface area contributed by atoms with Crippen LogP contribution in [0.2, 0.25) is 0 Å². The molecule has 1 atom stereocenters. The minimum atomic E-state index is -0.397. The number of piperidine rings is 1. The number of aromatic nitrogens is 2. The molecule has 2 aromatic rings. The number of nitrogens with zero attached hydrogens (tertiary/aromatic N) is 3. The molecule has 0 aliphatic carbocycles. The van der Waals surface area contributed by atoms with Crippen molar-refractivity contribution in [1.29, 1.82) is 0 Å². The van der Waals surface area contributed by atoms with Gasteiger partial charge in [0.25, 0.3) is 11.8 Å². The Bertz CT molecular complexity index is 824. The fourth-order valence-corrected chi connectivity index (χ4v) is 3.97. The Labute approximate surface area is 174 Å². The predicted octanol–water partition coefficient (Wildman–Crippen LogP) is 2.79. The molecule has 2 amide bonds. The highest BCUT2D eigenvalue weighted by molar-refractivity contribution is 7.15. The number of carbonyl (C=O) groups is 2. The molecule has 2 heterocycles. The van der Waals surface area contributed by atoms with Gasteiger partial charge in [0.05, 0.1) is 7.11 Å². The normalized spacial score (nSPS) is 17.0. The minimum Gasteiger partial charge on any atom is -0.497 e. The quantitative estimate of drug-likeness (QED) is 0.641. The van der Waals surface area contributed by atoms with Gasteiger partial charge in [-0.2, -0.15) is 0 Å². The molecule has 0 saturated carbocycles. The summed E-state index contributed by atoms with van der Waals surface area (Å²) in [6, 6.07) is 7.58. The maximum absolute atomic E-state index is 12.3. The Kier molecular flexibility index (Phi) is 7.54. The lowest BCUT2D eigenvalue weighted by molar-refractivity contribution is 0.0946. The Morgan fingerprint density at radius 1 is 1.17 bits per heavy atom. The number of nitrogens with one attached hydrogen (secondary N) is 2. The second-order valence-corrected chi connectivity index (χ2v) is 8.06. The zero-order chi connectivity index (χ0) is 20.6. The summed E-state index contributed by atoms with van der Waals surface area (Å²) in [6.45, 7) is 4.96. The summed E-state index contributed by atoms with van der Waals surface area (Å²) in [4.78, 5) is 27.0. The Hall–Kier alpha value is -2.52. The molecule has 1 saturated heterocycles. The van der Waals surface area contributed by atoms with Gasteiger partial charge in [-0.25, -0.2) is 0 Å².